The summed E-state index contributed by atoms with van der Waals surface area (Å²) >= 11 is 0. The molecule has 11 heteroatoms. The van der Waals surface area contributed by atoms with Gasteiger partial charge >= 0.3 is 0 Å². The highest BCUT2D eigenvalue weighted by atomic mass is 32.2. The summed E-state index contributed by atoms with van der Waals surface area (Å²) in [4.78, 5) is 4.41. The van der Waals surface area contributed by atoms with Crippen LogP contribution in [0.1, 0.15) is 25.7 Å². The van der Waals surface area contributed by atoms with Crippen molar-refractivity contribution in [2.45, 2.75) is 31.6 Å². The third-order valence-electron chi connectivity index (χ3n) is 5.89. The quantitative estimate of drug-likeness (QED) is 0.684. The van der Waals surface area contributed by atoms with E-state index in [1.165, 1.54) is 13.2 Å². The zero-order chi connectivity index (χ0) is 22.2. The summed E-state index contributed by atoms with van der Waals surface area (Å²) < 4.78 is 64.6. The van der Waals surface area contributed by atoms with Crippen molar-refractivity contribution in [3.63, 3.8) is 0 Å². The summed E-state index contributed by atoms with van der Waals surface area (Å²) in [6.07, 6.45) is 3.12. The molecule has 2 aromatic rings. The van der Waals surface area contributed by atoms with E-state index in [-0.39, 0.29) is 17.5 Å². The van der Waals surface area contributed by atoms with Gasteiger partial charge in [-0.2, -0.15) is 0 Å². The highest BCUT2D eigenvalue weighted by molar-refractivity contribution is 7.92. The zero-order valence-electron chi connectivity index (χ0n) is 17.2. The van der Waals surface area contributed by atoms with Crippen molar-refractivity contribution in [1.82, 2.24) is 15.2 Å². The van der Waals surface area contributed by atoms with Gasteiger partial charge in [-0.05, 0) is 43.7 Å². The lowest BCUT2D eigenvalue weighted by atomic mass is 9.78. The lowest BCUT2D eigenvalue weighted by Gasteiger charge is -2.34. The van der Waals surface area contributed by atoms with E-state index < -0.39 is 27.8 Å². The fraction of sp³-hybridized carbons (Fsp3) is 0.550. The summed E-state index contributed by atoms with van der Waals surface area (Å²) in [5.41, 5.74) is 0.897. The van der Waals surface area contributed by atoms with Gasteiger partial charge in [-0.15, -0.1) is 10.2 Å². The molecule has 2 saturated carbocycles. The summed E-state index contributed by atoms with van der Waals surface area (Å²) in [5, 5.41) is 7.93. The van der Waals surface area contributed by atoms with E-state index >= 15 is 0 Å². The molecule has 2 aliphatic carbocycles. The fourth-order valence-corrected chi connectivity index (χ4v) is 5.02. The van der Waals surface area contributed by atoms with Crippen LogP contribution in [0, 0.1) is 17.8 Å². The van der Waals surface area contributed by atoms with Crippen molar-refractivity contribution in [3.8, 4) is 23.1 Å². The van der Waals surface area contributed by atoms with Gasteiger partial charge in [0.2, 0.25) is 15.9 Å². The second-order valence-corrected chi connectivity index (χ2v) is 9.93. The minimum absolute atomic E-state index is 0.0327. The zero-order valence-corrected chi connectivity index (χ0v) is 18.0. The maximum Gasteiger partial charge on any atom is 0.257 e. The Morgan fingerprint density at radius 3 is 2.52 bits per heavy atom. The molecule has 168 valence electrons. The summed E-state index contributed by atoms with van der Waals surface area (Å²) in [5.74, 6) is -3.18. The molecule has 0 radical (unpaired) electrons. The molecule has 0 aromatic carbocycles. The predicted molar refractivity (Wildman–Crippen MR) is 110 cm³/mol. The Morgan fingerprint density at radius 1 is 1.16 bits per heavy atom. The molecule has 0 spiro atoms. The maximum atomic E-state index is 14.1. The lowest BCUT2D eigenvalue weighted by Crippen LogP contribution is -2.38. The monoisotopic (exact) mass is 454 g/mol. The average molecular weight is 454 g/mol. The van der Waals surface area contributed by atoms with Crippen LogP contribution in [0.3, 0.4) is 0 Å². The van der Waals surface area contributed by atoms with Crippen LogP contribution in [0.5, 0.6) is 11.8 Å². The van der Waals surface area contributed by atoms with Gasteiger partial charge < -0.3 is 9.47 Å². The number of alkyl halides is 2. The molecular weight excluding hydrogens is 430 g/mol. The average Bonchev–Trinajstić information content (AvgIpc) is 2.88. The first-order valence-corrected chi connectivity index (χ1v) is 11.9. The van der Waals surface area contributed by atoms with E-state index in [9.17, 15) is 17.2 Å². The molecule has 4 rings (SSSR count). The number of rotatable bonds is 7. The molecule has 2 heterocycles. The number of nitrogens with one attached hydrogen (secondary N) is 1. The molecule has 0 amide bonds. The van der Waals surface area contributed by atoms with Crippen molar-refractivity contribution in [1.29, 1.82) is 0 Å². The Kier molecular flexibility index (Phi) is 5.71. The van der Waals surface area contributed by atoms with Crippen molar-refractivity contribution < 1.29 is 26.7 Å². The smallest absolute Gasteiger partial charge is 0.257 e. The molecule has 2 atom stereocenters. The number of ether oxygens (including phenoxy) is 2. The minimum atomic E-state index is -3.55. The number of pyridine rings is 1. The lowest BCUT2D eigenvalue weighted by molar-refractivity contribution is -0.113. The first-order valence-electron chi connectivity index (χ1n) is 10.0. The molecular formula is C20H24F2N4O4S. The number of hydrogen-bond acceptors (Lipinski definition) is 7. The first-order chi connectivity index (χ1) is 14.7. The largest absolute Gasteiger partial charge is 0.478 e. The number of hydrogen-bond donors (Lipinski definition) is 1. The third kappa shape index (κ3) is 4.70. The van der Waals surface area contributed by atoms with E-state index in [1.807, 2.05) is 0 Å². The van der Waals surface area contributed by atoms with Crippen LogP contribution in [0.2, 0.25) is 0 Å². The second kappa shape index (κ2) is 8.18. The van der Waals surface area contributed by atoms with E-state index in [2.05, 4.69) is 19.9 Å². The molecule has 2 aromatic heterocycles. The highest BCUT2D eigenvalue weighted by Gasteiger charge is 2.55. The van der Waals surface area contributed by atoms with Crippen LogP contribution in [0.25, 0.3) is 11.4 Å². The first kappa shape index (κ1) is 21.7. The van der Waals surface area contributed by atoms with Crippen molar-refractivity contribution in [3.05, 3.63) is 24.3 Å². The maximum absolute atomic E-state index is 14.1. The van der Waals surface area contributed by atoms with Gasteiger partial charge in [-0.25, -0.2) is 22.2 Å². The normalized spacial score (nSPS) is 24.6. The Labute approximate surface area is 179 Å². The Bertz CT molecular complexity index is 1050. The van der Waals surface area contributed by atoms with Gasteiger partial charge in [0.1, 0.15) is 11.4 Å². The van der Waals surface area contributed by atoms with Crippen molar-refractivity contribution in [2.24, 2.45) is 17.8 Å². The second-order valence-electron chi connectivity index (χ2n) is 8.18. The molecule has 2 unspecified atom stereocenters. The van der Waals surface area contributed by atoms with Crippen LogP contribution in [-0.2, 0) is 10.0 Å². The van der Waals surface area contributed by atoms with Gasteiger partial charge in [-0.3, -0.25) is 4.72 Å². The Balaban J connectivity index is 1.47. The van der Waals surface area contributed by atoms with Crippen molar-refractivity contribution in [2.75, 3.05) is 24.7 Å². The number of methoxy groups -OCH3 is 1. The third-order valence-corrected chi connectivity index (χ3v) is 6.48. The van der Waals surface area contributed by atoms with Crippen LogP contribution < -0.4 is 14.2 Å². The number of sulfonamides is 1. The van der Waals surface area contributed by atoms with E-state index in [0.29, 0.717) is 49.6 Å². The summed E-state index contributed by atoms with van der Waals surface area (Å²) in [6, 6.07) is 6.57. The molecule has 2 bridgehead atoms. The SMILES string of the molecule is COc1nnc(-c2cccc(OCC3CC4CCC(C3)C4(F)F)n2)cc1NS(C)(=O)=O. The van der Waals surface area contributed by atoms with Crippen LogP contribution in [-0.4, -0.2) is 49.5 Å². The number of anilines is 1. The topological polar surface area (TPSA) is 103 Å². The molecule has 2 fully saturated rings. The van der Waals surface area contributed by atoms with E-state index in [0.717, 1.165) is 6.26 Å². The number of nitrogens with zero attached hydrogens (tertiary/aromatic N) is 3. The molecule has 1 N–H and O–H groups in total. The Hall–Kier alpha value is -2.56. The molecule has 0 saturated heterocycles. The number of halogens is 2. The molecule has 2 aliphatic rings. The number of aromatic nitrogens is 3. The van der Waals surface area contributed by atoms with Gasteiger partial charge in [0.25, 0.3) is 11.8 Å². The van der Waals surface area contributed by atoms with Crippen LogP contribution >= 0.6 is 0 Å². The summed E-state index contributed by atoms with van der Waals surface area (Å²) in [7, 11) is -2.19. The molecule has 31 heavy (non-hydrogen) atoms. The predicted octanol–water partition coefficient (Wildman–Crippen LogP) is 3.37. The highest BCUT2D eigenvalue weighted by Crippen LogP contribution is 2.54. The van der Waals surface area contributed by atoms with Gasteiger partial charge in [0, 0.05) is 17.9 Å². The molecule has 0 aliphatic heterocycles. The summed E-state index contributed by atoms with van der Waals surface area (Å²) in [6.45, 7) is 0.328. The Morgan fingerprint density at radius 2 is 1.87 bits per heavy atom. The van der Waals surface area contributed by atoms with Crippen molar-refractivity contribution >= 4 is 15.7 Å². The van der Waals surface area contributed by atoms with Gasteiger partial charge in [-0.1, -0.05) is 6.07 Å². The fourth-order valence-electron chi connectivity index (χ4n) is 4.48. The van der Waals surface area contributed by atoms with E-state index in [1.54, 1.807) is 18.2 Å². The van der Waals surface area contributed by atoms with Gasteiger partial charge in [0.15, 0.2) is 0 Å². The van der Waals surface area contributed by atoms with Crippen LogP contribution in [0.15, 0.2) is 24.3 Å². The minimum Gasteiger partial charge on any atom is -0.478 e. The van der Waals surface area contributed by atoms with Gasteiger partial charge in [0.05, 0.1) is 25.7 Å². The van der Waals surface area contributed by atoms with E-state index in [4.69, 9.17) is 9.47 Å². The standard InChI is InChI=1S/C20H24F2N4O4S/c1-29-19-17(26-31(2,27)28)10-16(24-25-19)15-4-3-5-18(23-15)30-11-12-8-13-6-7-14(9-12)20(13,21)22/h3-5,10,12-14H,6-9,11H2,1-2H3,(H,24,26). The van der Waals surface area contributed by atoms with Crippen LogP contribution in [0.4, 0.5) is 14.5 Å². The number of fused-ring (bicyclic) bond motifs is 2. The molecule has 8 nitrogen and oxygen atoms in total.